The van der Waals surface area contributed by atoms with Crippen LogP contribution in [0.25, 0.3) is 0 Å². The van der Waals surface area contributed by atoms with Gasteiger partial charge in [-0.05, 0) is 60.5 Å². The number of hydrogen-bond donors (Lipinski definition) is 1. The first-order valence-corrected chi connectivity index (χ1v) is 10.0. The summed E-state index contributed by atoms with van der Waals surface area (Å²) in [7, 11) is 0. The van der Waals surface area contributed by atoms with Crippen molar-refractivity contribution in [1.29, 1.82) is 0 Å². The topological polar surface area (TPSA) is 54.5 Å². The molecule has 4 rings (SSSR count). The molecule has 2 aliphatic rings. The lowest BCUT2D eigenvalue weighted by atomic mass is 9.95. The molecule has 28 heavy (non-hydrogen) atoms. The van der Waals surface area contributed by atoms with Gasteiger partial charge in [0.2, 0.25) is 11.8 Å². The first-order valence-electron chi connectivity index (χ1n) is 10.0. The number of aryl methyl sites for hydroxylation is 1. The zero-order valence-electron chi connectivity index (χ0n) is 16.0. The number of alkyl halides is 1. The predicted octanol–water partition coefficient (Wildman–Crippen LogP) is 3.65. The van der Waals surface area contributed by atoms with Crippen molar-refractivity contribution in [3.05, 3.63) is 52.6 Å². The Morgan fingerprint density at radius 3 is 2.93 bits per heavy atom. The van der Waals surface area contributed by atoms with E-state index < -0.39 is 0 Å². The van der Waals surface area contributed by atoms with Crippen molar-refractivity contribution in [2.75, 3.05) is 25.0 Å². The summed E-state index contributed by atoms with van der Waals surface area (Å²) in [5, 5.41) is 2.80. The Balaban J connectivity index is 1.22. The molecule has 1 aromatic carbocycles. The van der Waals surface area contributed by atoms with Crippen LogP contribution >= 0.6 is 0 Å². The van der Waals surface area contributed by atoms with Gasteiger partial charge in [-0.2, -0.15) is 4.98 Å². The molecule has 0 atom stereocenters. The van der Waals surface area contributed by atoms with Crippen molar-refractivity contribution in [2.45, 2.75) is 45.3 Å². The molecular weight excluding hydrogens is 357 g/mol. The summed E-state index contributed by atoms with van der Waals surface area (Å²) < 4.78 is 19.0. The van der Waals surface area contributed by atoms with Gasteiger partial charge in [0.05, 0.1) is 6.61 Å². The number of nitrogens with one attached hydrogen (secondary N) is 1. The van der Waals surface area contributed by atoms with E-state index in [9.17, 15) is 9.18 Å². The minimum Gasteiger partial charge on any atom is -0.478 e. The van der Waals surface area contributed by atoms with Crippen molar-refractivity contribution >= 4 is 11.7 Å². The van der Waals surface area contributed by atoms with Gasteiger partial charge in [-0.15, -0.1) is 0 Å². The highest BCUT2D eigenvalue weighted by Gasteiger charge is 2.19. The van der Waals surface area contributed by atoms with Gasteiger partial charge in [-0.3, -0.25) is 9.69 Å². The number of fused-ring (bicyclic) bond motifs is 2. The van der Waals surface area contributed by atoms with Crippen molar-refractivity contribution in [3.63, 3.8) is 0 Å². The summed E-state index contributed by atoms with van der Waals surface area (Å²) in [5.41, 5.74) is 4.36. The fraction of sp³-hybridized carbons (Fsp3) is 0.455. The molecule has 1 aromatic heterocycles. The molecule has 1 amide bonds. The van der Waals surface area contributed by atoms with Crippen LogP contribution in [-0.2, 0) is 30.9 Å². The number of anilines is 1. The van der Waals surface area contributed by atoms with Crippen LogP contribution < -0.4 is 10.1 Å². The zero-order chi connectivity index (χ0) is 19.3. The van der Waals surface area contributed by atoms with Crippen LogP contribution in [0.3, 0.4) is 0 Å². The van der Waals surface area contributed by atoms with E-state index in [0.717, 1.165) is 56.4 Å². The maximum atomic E-state index is 13.2. The normalized spacial score (nSPS) is 16.2. The smallest absolute Gasteiger partial charge is 0.225 e. The molecule has 0 saturated carbocycles. The van der Waals surface area contributed by atoms with Gasteiger partial charge in [0.15, 0.2) is 0 Å². The number of unbranched alkanes of at least 4 members (excludes halogenated alkanes) is 1. The lowest BCUT2D eigenvalue weighted by molar-refractivity contribution is -0.116. The van der Waals surface area contributed by atoms with E-state index in [2.05, 4.69) is 21.3 Å². The summed E-state index contributed by atoms with van der Waals surface area (Å²) in [6.07, 6.45) is 4.19. The Hall–Kier alpha value is -2.47. The predicted molar refractivity (Wildman–Crippen MR) is 106 cm³/mol. The second kappa shape index (κ2) is 8.69. The van der Waals surface area contributed by atoms with Gasteiger partial charge in [0.1, 0.15) is 12.5 Å². The number of aromatic nitrogens is 1. The maximum absolute atomic E-state index is 13.2. The van der Waals surface area contributed by atoms with E-state index in [1.54, 1.807) is 0 Å². The Morgan fingerprint density at radius 1 is 1.11 bits per heavy atom. The van der Waals surface area contributed by atoms with Crippen LogP contribution in [0.5, 0.6) is 5.88 Å². The molecule has 5 nitrogen and oxygen atoms in total. The molecule has 0 radical (unpaired) electrons. The largest absolute Gasteiger partial charge is 0.478 e. The van der Waals surface area contributed by atoms with Gasteiger partial charge in [-0.1, -0.05) is 18.2 Å². The molecule has 2 aliphatic heterocycles. The van der Waals surface area contributed by atoms with E-state index in [4.69, 9.17) is 4.74 Å². The number of pyridine rings is 1. The van der Waals surface area contributed by atoms with Crippen molar-refractivity contribution < 1.29 is 13.9 Å². The van der Waals surface area contributed by atoms with Gasteiger partial charge in [-0.25, -0.2) is 4.39 Å². The van der Waals surface area contributed by atoms with Crippen LogP contribution in [-0.4, -0.2) is 35.5 Å². The average Bonchev–Trinajstić information content (AvgIpc) is 2.72. The molecule has 0 spiro atoms. The summed E-state index contributed by atoms with van der Waals surface area (Å²) in [5.74, 6) is 1.20. The Kier molecular flexibility index (Phi) is 5.86. The van der Waals surface area contributed by atoms with Crippen molar-refractivity contribution in [1.82, 2.24) is 9.88 Å². The average molecular weight is 383 g/mol. The molecule has 0 fully saturated rings. The van der Waals surface area contributed by atoms with Crippen LogP contribution in [0.2, 0.25) is 0 Å². The number of hydrogen-bond acceptors (Lipinski definition) is 4. The molecule has 6 heteroatoms. The molecule has 0 aliphatic carbocycles. The fourth-order valence-electron chi connectivity index (χ4n) is 3.94. The van der Waals surface area contributed by atoms with Crippen LogP contribution in [0.4, 0.5) is 10.2 Å². The summed E-state index contributed by atoms with van der Waals surface area (Å²) in [4.78, 5) is 18.3. The van der Waals surface area contributed by atoms with E-state index in [-0.39, 0.29) is 12.6 Å². The lowest BCUT2D eigenvalue weighted by Crippen LogP contribution is -2.32. The molecular formula is C22H26FN3O2. The fourth-order valence-corrected chi connectivity index (χ4v) is 3.94. The number of nitrogens with zero attached hydrogens (tertiary/aromatic N) is 2. The second-order valence-corrected chi connectivity index (χ2v) is 7.48. The number of carbonyl (C=O) groups is 1. The Bertz CT molecular complexity index is 841. The van der Waals surface area contributed by atoms with E-state index in [1.807, 2.05) is 24.3 Å². The standard InChI is InChI=1S/C22H26FN3O2/c23-14-18-5-3-4-16-10-12-26(15-19(16)18)11-1-2-13-28-21-9-7-17-6-8-20(27)24-22(17)25-21/h3-5,7,9H,1-2,6,8,10-15H2,(H,24,25,27). The molecule has 148 valence electrons. The third-order valence-corrected chi connectivity index (χ3v) is 5.54. The zero-order valence-corrected chi connectivity index (χ0v) is 16.0. The van der Waals surface area contributed by atoms with Crippen molar-refractivity contribution in [2.24, 2.45) is 0 Å². The van der Waals surface area contributed by atoms with Crippen LogP contribution in [0.15, 0.2) is 30.3 Å². The van der Waals surface area contributed by atoms with Crippen molar-refractivity contribution in [3.8, 4) is 5.88 Å². The number of amides is 1. The molecule has 0 unspecified atom stereocenters. The summed E-state index contributed by atoms with van der Waals surface area (Å²) in [6, 6.07) is 9.82. The number of rotatable bonds is 7. The highest BCUT2D eigenvalue weighted by Crippen LogP contribution is 2.24. The Labute approximate surface area is 164 Å². The number of benzene rings is 1. The van der Waals surface area contributed by atoms with Crippen LogP contribution in [0.1, 0.15) is 41.5 Å². The van der Waals surface area contributed by atoms with E-state index in [0.29, 0.717) is 24.7 Å². The highest BCUT2D eigenvalue weighted by atomic mass is 19.1. The minimum atomic E-state index is -0.390. The summed E-state index contributed by atoms with van der Waals surface area (Å²) >= 11 is 0. The first-order chi connectivity index (χ1) is 13.7. The number of halogens is 1. The van der Waals surface area contributed by atoms with Gasteiger partial charge in [0.25, 0.3) is 0 Å². The first kappa shape index (κ1) is 18.9. The molecule has 0 saturated heterocycles. The molecule has 3 heterocycles. The van der Waals surface area contributed by atoms with E-state index in [1.165, 1.54) is 11.1 Å². The summed E-state index contributed by atoms with van der Waals surface area (Å²) in [6.45, 7) is 3.05. The van der Waals surface area contributed by atoms with Gasteiger partial charge >= 0.3 is 0 Å². The highest BCUT2D eigenvalue weighted by molar-refractivity contribution is 5.92. The SMILES string of the molecule is O=C1CCc2ccc(OCCCCN3CCc4cccc(CF)c4C3)nc2N1. The monoisotopic (exact) mass is 383 g/mol. The van der Waals surface area contributed by atoms with Crippen LogP contribution in [0, 0.1) is 0 Å². The third-order valence-electron chi connectivity index (χ3n) is 5.54. The van der Waals surface area contributed by atoms with E-state index >= 15 is 0 Å². The Morgan fingerprint density at radius 2 is 2.04 bits per heavy atom. The number of carbonyl (C=O) groups excluding carboxylic acids is 1. The molecule has 1 N–H and O–H groups in total. The molecule has 2 aromatic rings. The second-order valence-electron chi connectivity index (χ2n) is 7.48. The maximum Gasteiger partial charge on any atom is 0.225 e. The van der Waals surface area contributed by atoms with Gasteiger partial charge in [0, 0.05) is 25.6 Å². The van der Waals surface area contributed by atoms with Gasteiger partial charge < -0.3 is 10.1 Å². The molecule has 0 bridgehead atoms. The quantitative estimate of drug-likeness (QED) is 0.742. The number of ether oxygens (including phenoxy) is 1. The minimum absolute atomic E-state index is 0.0103. The third kappa shape index (κ3) is 4.33. The lowest BCUT2D eigenvalue weighted by Gasteiger charge is -2.30.